The van der Waals surface area contributed by atoms with E-state index in [9.17, 15) is 4.79 Å². The zero-order valence-corrected chi connectivity index (χ0v) is 14.4. The van der Waals surface area contributed by atoms with Crippen LogP contribution >= 0.6 is 0 Å². The maximum atomic E-state index is 10.9. The van der Waals surface area contributed by atoms with Crippen molar-refractivity contribution in [3.05, 3.63) is 23.3 Å². The molecule has 0 saturated carbocycles. The van der Waals surface area contributed by atoms with E-state index in [4.69, 9.17) is 9.16 Å². The van der Waals surface area contributed by atoms with Gasteiger partial charge >= 0.3 is 5.97 Å². The Bertz CT molecular complexity index is 347. The van der Waals surface area contributed by atoms with Crippen LogP contribution < -0.4 is 0 Å². The molecule has 0 saturated heterocycles. The second-order valence-electron chi connectivity index (χ2n) is 5.99. The molecule has 1 unspecified atom stereocenters. The van der Waals surface area contributed by atoms with Crippen LogP contribution in [0.3, 0.4) is 0 Å². The first-order chi connectivity index (χ1) is 8.61. The number of carbonyl (C=O) groups is 1. The number of esters is 1. The first-order valence-corrected chi connectivity index (χ1v) is 10.1. The molecule has 0 aliphatic heterocycles. The van der Waals surface area contributed by atoms with Gasteiger partial charge in [0.15, 0.2) is 8.32 Å². The van der Waals surface area contributed by atoms with E-state index in [1.807, 2.05) is 6.92 Å². The van der Waals surface area contributed by atoms with E-state index in [1.165, 1.54) is 12.5 Å². The minimum Gasteiger partial charge on any atom is -0.463 e. The molecule has 4 heteroatoms. The monoisotopic (exact) mass is 284 g/mol. The van der Waals surface area contributed by atoms with Crippen molar-refractivity contribution in [3.63, 3.8) is 0 Å². The molecule has 0 aromatic heterocycles. The van der Waals surface area contributed by atoms with Gasteiger partial charge in [0, 0.05) is 6.92 Å². The van der Waals surface area contributed by atoms with Gasteiger partial charge < -0.3 is 9.16 Å². The molecule has 3 nitrogen and oxygen atoms in total. The first kappa shape index (κ1) is 18.1. The van der Waals surface area contributed by atoms with E-state index >= 15 is 0 Å². The average molecular weight is 284 g/mol. The summed E-state index contributed by atoms with van der Waals surface area (Å²) in [5.41, 5.74) is 2.42. The van der Waals surface area contributed by atoms with Crippen LogP contribution in [0.1, 0.15) is 34.1 Å². The highest BCUT2D eigenvalue weighted by molar-refractivity contribution is 6.69. The van der Waals surface area contributed by atoms with Crippen LogP contribution in [0.2, 0.25) is 19.6 Å². The zero-order valence-electron chi connectivity index (χ0n) is 13.4. The van der Waals surface area contributed by atoms with Gasteiger partial charge in [0.25, 0.3) is 0 Å². The topological polar surface area (TPSA) is 35.5 Å². The van der Waals surface area contributed by atoms with Crippen molar-refractivity contribution < 1.29 is 14.0 Å². The molecule has 0 aromatic carbocycles. The summed E-state index contributed by atoms with van der Waals surface area (Å²) in [4.78, 5) is 10.9. The lowest BCUT2D eigenvalue weighted by Gasteiger charge is -2.26. The molecule has 0 heterocycles. The summed E-state index contributed by atoms with van der Waals surface area (Å²) in [6, 6.07) is 0. The number of hydrogen-bond acceptors (Lipinski definition) is 3. The Morgan fingerprint density at radius 3 is 2.11 bits per heavy atom. The normalized spacial score (nSPS) is 13.9. The van der Waals surface area contributed by atoms with Gasteiger partial charge in [-0.1, -0.05) is 17.7 Å². The van der Waals surface area contributed by atoms with E-state index < -0.39 is 8.32 Å². The van der Waals surface area contributed by atoms with Crippen LogP contribution in [0.4, 0.5) is 0 Å². The Morgan fingerprint density at radius 2 is 1.68 bits per heavy atom. The van der Waals surface area contributed by atoms with Gasteiger partial charge in [0.1, 0.15) is 12.7 Å². The van der Waals surface area contributed by atoms with Crippen LogP contribution in [0.5, 0.6) is 0 Å². The maximum absolute atomic E-state index is 10.9. The molecule has 1 atom stereocenters. The third-order valence-electron chi connectivity index (χ3n) is 2.41. The van der Waals surface area contributed by atoms with Crippen LogP contribution in [-0.4, -0.2) is 27.0 Å². The highest BCUT2D eigenvalue weighted by atomic mass is 28.4. The summed E-state index contributed by atoms with van der Waals surface area (Å²) in [6.45, 7) is 14.3. The molecule has 0 fully saturated rings. The van der Waals surface area contributed by atoms with E-state index in [0.29, 0.717) is 6.61 Å². The minimum absolute atomic E-state index is 0.124. The van der Waals surface area contributed by atoms with Crippen LogP contribution in [0.15, 0.2) is 23.3 Å². The molecule has 19 heavy (non-hydrogen) atoms. The second-order valence-corrected chi connectivity index (χ2v) is 10.4. The Hall–Kier alpha value is -0.873. The largest absolute Gasteiger partial charge is 0.463 e. The van der Waals surface area contributed by atoms with Gasteiger partial charge in [0.05, 0.1) is 0 Å². The second kappa shape index (κ2) is 8.33. The van der Waals surface area contributed by atoms with Crippen molar-refractivity contribution in [1.82, 2.24) is 0 Å². The smallest absolute Gasteiger partial charge is 0.302 e. The third kappa shape index (κ3) is 10.7. The predicted octanol–water partition coefficient (Wildman–Crippen LogP) is 4.07. The van der Waals surface area contributed by atoms with Crippen molar-refractivity contribution in [2.24, 2.45) is 0 Å². The highest BCUT2D eigenvalue weighted by Gasteiger charge is 2.23. The summed E-state index contributed by atoms with van der Waals surface area (Å²) in [7, 11) is -1.66. The Balaban J connectivity index is 4.70. The standard InChI is InChI=1S/C15H28O3Si/c1-12(2)9-8-10-13(3)15(11-17-14(4)16)18-19(5,6)7/h9-10,15H,8,11H2,1-7H3. The summed E-state index contributed by atoms with van der Waals surface area (Å²) in [5.74, 6) is -0.263. The van der Waals surface area contributed by atoms with Gasteiger partial charge in [-0.05, 0) is 52.4 Å². The molecular weight excluding hydrogens is 256 g/mol. The summed E-state index contributed by atoms with van der Waals surface area (Å²) in [6.07, 6.45) is 5.07. The molecule has 0 amide bonds. The maximum Gasteiger partial charge on any atom is 0.302 e. The van der Waals surface area contributed by atoms with Crippen molar-refractivity contribution in [1.29, 1.82) is 0 Å². The zero-order chi connectivity index (χ0) is 15.1. The van der Waals surface area contributed by atoms with Crippen molar-refractivity contribution in [2.75, 3.05) is 6.61 Å². The Labute approximate surface area is 118 Å². The predicted molar refractivity (Wildman–Crippen MR) is 82.7 cm³/mol. The molecule has 0 aliphatic carbocycles. The van der Waals surface area contributed by atoms with Crippen molar-refractivity contribution in [3.8, 4) is 0 Å². The number of carbonyl (C=O) groups excluding carboxylic acids is 1. The Morgan fingerprint density at radius 1 is 1.11 bits per heavy atom. The SMILES string of the molecule is CC(=O)OCC(O[Si](C)(C)C)C(C)=CCC=C(C)C. The highest BCUT2D eigenvalue weighted by Crippen LogP contribution is 2.15. The number of hydrogen-bond donors (Lipinski definition) is 0. The van der Waals surface area contributed by atoms with Gasteiger partial charge in [-0.3, -0.25) is 4.79 Å². The molecule has 0 aliphatic rings. The molecule has 0 radical (unpaired) electrons. The molecule has 0 bridgehead atoms. The Kier molecular flexibility index (Phi) is 7.95. The third-order valence-corrected chi connectivity index (χ3v) is 3.40. The van der Waals surface area contributed by atoms with E-state index in [0.717, 1.165) is 12.0 Å². The lowest BCUT2D eigenvalue weighted by molar-refractivity contribution is -0.142. The van der Waals surface area contributed by atoms with Crippen LogP contribution in [-0.2, 0) is 14.0 Å². The van der Waals surface area contributed by atoms with Gasteiger partial charge in [-0.15, -0.1) is 0 Å². The molecule has 110 valence electrons. The molecule has 0 aromatic rings. The fourth-order valence-corrected chi connectivity index (χ4v) is 2.60. The van der Waals surface area contributed by atoms with Crippen molar-refractivity contribution >= 4 is 14.3 Å². The van der Waals surface area contributed by atoms with E-state index in [2.05, 4.69) is 45.6 Å². The fraction of sp³-hybridized carbons (Fsp3) is 0.667. The van der Waals surface area contributed by atoms with Crippen LogP contribution in [0, 0.1) is 0 Å². The molecule has 0 rings (SSSR count). The van der Waals surface area contributed by atoms with Gasteiger partial charge in [0.2, 0.25) is 0 Å². The molecule has 0 N–H and O–H groups in total. The summed E-state index contributed by atoms with van der Waals surface area (Å²) < 4.78 is 11.2. The van der Waals surface area contributed by atoms with Gasteiger partial charge in [-0.25, -0.2) is 0 Å². The molecule has 0 spiro atoms. The molecular formula is C15H28O3Si. The first-order valence-electron chi connectivity index (χ1n) is 6.73. The van der Waals surface area contributed by atoms with E-state index in [1.54, 1.807) is 0 Å². The van der Waals surface area contributed by atoms with Crippen LogP contribution in [0.25, 0.3) is 0 Å². The summed E-state index contributed by atoms with van der Waals surface area (Å²) in [5, 5.41) is 0. The number of rotatable bonds is 7. The van der Waals surface area contributed by atoms with Gasteiger partial charge in [-0.2, -0.15) is 0 Å². The van der Waals surface area contributed by atoms with E-state index in [-0.39, 0.29) is 12.1 Å². The van der Waals surface area contributed by atoms with Crippen molar-refractivity contribution in [2.45, 2.75) is 59.9 Å². The lowest BCUT2D eigenvalue weighted by Crippen LogP contribution is -2.35. The fourth-order valence-electron chi connectivity index (χ4n) is 1.49. The number of allylic oxidation sites excluding steroid dienone is 3. The quantitative estimate of drug-likeness (QED) is 0.401. The number of ether oxygens (including phenoxy) is 1. The lowest BCUT2D eigenvalue weighted by atomic mass is 10.1. The summed E-state index contributed by atoms with van der Waals surface area (Å²) >= 11 is 0. The average Bonchev–Trinajstić information content (AvgIpc) is 2.21. The minimum atomic E-state index is -1.66.